The molecule has 0 aliphatic carbocycles. The topological polar surface area (TPSA) is 96.7 Å². The fraction of sp³-hybridized carbons (Fsp3) is 0.643. The van der Waals surface area contributed by atoms with Crippen LogP contribution in [-0.4, -0.2) is 33.7 Å². The Labute approximate surface area is 125 Å². The minimum absolute atomic E-state index is 0.0977. The van der Waals surface area contributed by atoms with Crippen molar-refractivity contribution in [3.63, 3.8) is 0 Å². The van der Waals surface area contributed by atoms with Gasteiger partial charge >= 0.3 is 0 Å². The molecule has 7 heteroatoms. The average Bonchev–Trinajstić information content (AvgIpc) is 2.45. The molecule has 0 unspecified atom stereocenters. The number of aryl methyl sites for hydroxylation is 1. The predicted octanol–water partition coefficient (Wildman–Crippen LogP) is 1.25. The van der Waals surface area contributed by atoms with E-state index < -0.39 is 0 Å². The highest BCUT2D eigenvalue weighted by molar-refractivity contribution is 5.80. The average molecular weight is 295 g/mol. The second kappa shape index (κ2) is 8.28. The normalized spacial score (nSPS) is 11.9. The molecule has 0 spiro atoms. The summed E-state index contributed by atoms with van der Waals surface area (Å²) in [5.74, 6) is 0.942. The minimum atomic E-state index is -0.0977. The Morgan fingerprint density at radius 1 is 1.57 bits per heavy atom. The molecule has 1 aromatic heterocycles. The summed E-state index contributed by atoms with van der Waals surface area (Å²) in [4.78, 5) is 18.6. The Bertz CT molecular complexity index is 524. The van der Waals surface area contributed by atoms with Gasteiger partial charge in [-0.15, -0.1) is 0 Å². The highest BCUT2D eigenvalue weighted by atomic mass is 16.4. The molecule has 0 aromatic carbocycles. The summed E-state index contributed by atoms with van der Waals surface area (Å²) in [5, 5.41) is 11.6. The van der Waals surface area contributed by atoms with Crippen molar-refractivity contribution in [3.05, 3.63) is 22.7 Å². The molecule has 3 N–H and O–H groups in total. The van der Waals surface area contributed by atoms with E-state index in [2.05, 4.69) is 24.0 Å². The molecule has 1 heterocycles. The van der Waals surface area contributed by atoms with Crippen molar-refractivity contribution >= 4 is 11.7 Å². The Balaban J connectivity index is 3.02. The minimum Gasteiger partial charge on any atom is -0.409 e. The smallest absolute Gasteiger partial charge is 0.293 e. The van der Waals surface area contributed by atoms with Gasteiger partial charge < -0.3 is 20.4 Å². The van der Waals surface area contributed by atoms with Crippen LogP contribution < -0.4 is 16.2 Å². The molecular weight excluding hydrogens is 270 g/mol. The molecule has 21 heavy (non-hydrogen) atoms. The van der Waals surface area contributed by atoms with Crippen molar-refractivity contribution in [2.75, 3.05) is 18.0 Å². The van der Waals surface area contributed by atoms with Crippen LogP contribution in [0.2, 0.25) is 0 Å². The molecule has 0 fully saturated rings. The van der Waals surface area contributed by atoms with Crippen molar-refractivity contribution in [3.8, 4) is 0 Å². The molecule has 118 valence electrons. The maximum absolute atomic E-state index is 12.4. The first-order valence-electron chi connectivity index (χ1n) is 7.26. The number of oxime groups is 1. The van der Waals surface area contributed by atoms with E-state index in [0.717, 1.165) is 6.42 Å². The van der Waals surface area contributed by atoms with Gasteiger partial charge in [0.05, 0.1) is 0 Å². The Morgan fingerprint density at radius 2 is 2.29 bits per heavy atom. The van der Waals surface area contributed by atoms with Crippen molar-refractivity contribution in [2.24, 2.45) is 16.8 Å². The standard InChI is InChI=1S/C14H25N5O2/c1-4-7-18-9-6-16-13(14(18)20)19(10-11(2)3)8-5-12(15)17-21/h6,9,11,21H,4-5,7-8,10H2,1-3H3,(H2,15,17). The molecule has 1 aromatic rings. The van der Waals surface area contributed by atoms with Gasteiger partial charge in [-0.3, -0.25) is 4.79 Å². The molecule has 1 rings (SSSR count). The summed E-state index contributed by atoms with van der Waals surface area (Å²) in [6, 6.07) is 0. The molecule has 0 radical (unpaired) electrons. The second-order valence-corrected chi connectivity index (χ2v) is 5.43. The number of aromatic nitrogens is 2. The fourth-order valence-electron chi connectivity index (χ4n) is 2.09. The van der Waals surface area contributed by atoms with Crippen LogP contribution in [0, 0.1) is 5.92 Å². The lowest BCUT2D eigenvalue weighted by molar-refractivity contribution is 0.317. The highest BCUT2D eigenvalue weighted by Gasteiger charge is 2.15. The molecular formula is C14H25N5O2. The van der Waals surface area contributed by atoms with Crippen LogP contribution in [0.5, 0.6) is 0 Å². The third-order valence-electron chi connectivity index (χ3n) is 3.01. The molecule has 0 saturated heterocycles. The monoisotopic (exact) mass is 295 g/mol. The lowest BCUT2D eigenvalue weighted by atomic mass is 10.2. The maximum Gasteiger partial charge on any atom is 0.293 e. The van der Waals surface area contributed by atoms with Gasteiger partial charge in [-0.05, 0) is 12.3 Å². The zero-order valence-corrected chi connectivity index (χ0v) is 13.0. The van der Waals surface area contributed by atoms with Gasteiger partial charge in [-0.2, -0.15) is 0 Å². The fourth-order valence-corrected chi connectivity index (χ4v) is 2.09. The van der Waals surface area contributed by atoms with E-state index in [1.807, 2.05) is 11.8 Å². The van der Waals surface area contributed by atoms with Gasteiger partial charge in [0.15, 0.2) is 5.82 Å². The number of rotatable bonds is 8. The first-order valence-corrected chi connectivity index (χ1v) is 7.26. The van der Waals surface area contributed by atoms with Gasteiger partial charge in [-0.1, -0.05) is 25.9 Å². The van der Waals surface area contributed by atoms with Crippen molar-refractivity contribution in [2.45, 2.75) is 40.2 Å². The van der Waals surface area contributed by atoms with Crippen LogP contribution in [0.15, 0.2) is 22.3 Å². The highest BCUT2D eigenvalue weighted by Crippen LogP contribution is 2.08. The van der Waals surface area contributed by atoms with Gasteiger partial charge in [0, 0.05) is 38.4 Å². The SMILES string of the molecule is CCCn1ccnc(N(CCC(N)=NO)CC(C)C)c1=O. The number of nitrogens with two attached hydrogens (primary N) is 1. The van der Waals surface area contributed by atoms with E-state index in [9.17, 15) is 4.79 Å². The number of nitrogens with zero attached hydrogens (tertiary/aromatic N) is 4. The third kappa shape index (κ3) is 5.09. The summed E-state index contributed by atoms with van der Waals surface area (Å²) in [5.41, 5.74) is 5.42. The Hall–Kier alpha value is -2.05. The number of hydrogen-bond donors (Lipinski definition) is 2. The van der Waals surface area contributed by atoms with Crippen LogP contribution in [0.4, 0.5) is 5.82 Å². The lowest BCUT2D eigenvalue weighted by Crippen LogP contribution is -2.37. The van der Waals surface area contributed by atoms with Crippen molar-refractivity contribution in [1.82, 2.24) is 9.55 Å². The molecule has 0 aliphatic heterocycles. The number of amidine groups is 1. The molecule has 0 saturated carbocycles. The van der Waals surface area contributed by atoms with Crippen LogP contribution in [-0.2, 0) is 6.54 Å². The van der Waals surface area contributed by atoms with Crippen LogP contribution in [0.3, 0.4) is 0 Å². The largest absolute Gasteiger partial charge is 0.409 e. The zero-order chi connectivity index (χ0) is 15.8. The van der Waals surface area contributed by atoms with E-state index in [-0.39, 0.29) is 11.4 Å². The van der Waals surface area contributed by atoms with E-state index in [1.54, 1.807) is 17.0 Å². The Morgan fingerprint density at radius 3 is 2.86 bits per heavy atom. The quantitative estimate of drug-likeness (QED) is 0.326. The summed E-state index contributed by atoms with van der Waals surface area (Å²) in [6.07, 6.45) is 4.61. The predicted molar refractivity (Wildman–Crippen MR) is 83.9 cm³/mol. The van der Waals surface area contributed by atoms with Gasteiger partial charge in [0.1, 0.15) is 5.84 Å². The maximum atomic E-state index is 12.4. The second-order valence-electron chi connectivity index (χ2n) is 5.43. The van der Waals surface area contributed by atoms with Crippen LogP contribution in [0.1, 0.15) is 33.6 Å². The molecule has 0 amide bonds. The summed E-state index contributed by atoms with van der Waals surface area (Å²) in [7, 11) is 0. The van der Waals surface area contributed by atoms with E-state index in [4.69, 9.17) is 10.9 Å². The van der Waals surface area contributed by atoms with Gasteiger partial charge in [-0.25, -0.2) is 4.98 Å². The number of hydrogen-bond acceptors (Lipinski definition) is 5. The van der Waals surface area contributed by atoms with Crippen LogP contribution in [0.25, 0.3) is 0 Å². The van der Waals surface area contributed by atoms with Gasteiger partial charge in [0.25, 0.3) is 5.56 Å². The molecule has 0 bridgehead atoms. The first-order chi connectivity index (χ1) is 9.99. The van der Waals surface area contributed by atoms with E-state index >= 15 is 0 Å². The van der Waals surface area contributed by atoms with Crippen LogP contribution >= 0.6 is 0 Å². The van der Waals surface area contributed by atoms with Crippen molar-refractivity contribution in [1.29, 1.82) is 0 Å². The summed E-state index contributed by atoms with van der Waals surface area (Å²) >= 11 is 0. The van der Waals surface area contributed by atoms with Gasteiger partial charge in [0.2, 0.25) is 0 Å². The first kappa shape index (κ1) is 17.0. The number of anilines is 1. The van der Waals surface area contributed by atoms with E-state index in [1.165, 1.54) is 0 Å². The Kier molecular flexibility index (Phi) is 6.71. The third-order valence-corrected chi connectivity index (χ3v) is 3.01. The summed E-state index contributed by atoms with van der Waals surface area (Å²) in [6.45, 7) is 8.03. The molecule has 0 aliphatic rings. The zero-order valence-electron chi connectivity index (χ0n) is 13.0. The van der Waals surface area contributed by atoms with E-state index in [0.29, 0.717) is 37.8 Å². The lowest BCUT2D eigenvalue weighted by Gasteiger charge is -2.25. The summed E-state index contributed by atoms with van der Waals surface area (Å²) < 4.78 is 1.67. The molecule has 7 nitrogen and oxygen atoms in total. The molecule has 0 atom stereocenters. The van der Waals surface area contributed by atoms with Crippen molar-refractivity contribution < 1.29 is 5.21 Å².